The second kappa shape index (κ2) is 4.03. The Balaban J connectivity index is 2.05. The van der Waals surface area contributed by atoms with Crippen LogP contribution in [0.3, 0.4) is 0 Å². The van der Waals surface area contributed by atoms with Crippen molar-refractivity contribution >= 4 is 22.3 Å². The van der Waals surface area contributed by atoms with Crippen LogP contribution in [0, 0.1) is 0 Å². The summed E-state index contributed by atoms with van der Waals surface area (Å²) in [6.45, 7) is 0. The first-order valence-electron chi connectivity index (χ1n) is 5.60. The van der Waals surface area contributed by atoms with E-state index in [0.29, 0.717) is 11.2 Å². The number of aryl methyl sites for hydroxylation is 1. The van der Waals surface area contributed by atoms with Crippen LogP contribution in [0.5, 0.6) is 0 Å². The van der Waals surface area contributed by atoms with Gasteiger partial charge in [0.05, 0.1) is 11.9 Å². The fourth-order valence-electron chi connectivity index (χ4n) is 1.92. The summed E-state index contributed by atoms with van der Waals surface area (Å²) in [6.07, 6.45) is 3.54. The van der Waals surface area contributed by atoms with E-state index < -0.39 is 0 Å². The van der Waals surface area contributed by atoms with E-state index in [9.17, 15) is 4.79 Å². The largest absolute Gasteiger partial charge is 0.339 e. The topological polar surface area (TPSA) is 62.7 Å². The van der Waals surface area contributed by atoms with Crippen LogP contribution in [0.25, 0.3) is 10.8 Å². The highest BCUT2D eigenvalue weighted by Crippen LogP contribution is 2.16. The predicted molar refractivity (Wildman–Crippen MR) is 71.1 cm³/mol. The first-order valence-corrected chi connectivity index (χ1v) is 5.60. The van der Waals surface area contributed by atoms with Gasteiger partial charge in [-0.15, -0.1) is 0 Å². The summed E-state index contributed by atoms with van der Waals surface area (Å²) in [5.41, 5.74) is 0.739. The summed E-state index contributed by atoms with van der Waals surface area (Å²) in [4.78, 5) is 14.7. The molecule has 0 spiro atoms. The molecule has 0 radical (unpaired) electrons. The maximum absolute atomic E-state index is 11.9. The summed E-state index contributed by atoms with van der Waals surface area (Å²) in [7, 11) is 1.84. The van der Waals surface area contributed by atoms with Crippen LogP contribution in [0.4, 0.5) is 11.5 Å². The highest BCUT2D eigenvalue weighted by Gasteiger charge is 2.02. The Bertz CT molecular complexity index is 757. The number of benzene rings is 1. The molecule has 0 unspecified atom stereocenters. The molecule has 2 N–H and O–H groups in total. The van der Waals surface area contributed by atoms with Gasteiger partial charge in [0.15, 0.2) is 0 Å². The lowest BCUT2D eigenvalue weighted by Gasteiger charge is -2.04. The third-order valence-electron chi connectivity index (χ3n) is 2.74. The van der Waals surface area contributed by atoms with Gasteiger partial charge in [0, 0.05) is 18.6 Å². The zero-order valence-corrected chi connectivity index (χ0v) is 9.84. The van der Waals surface area contributed by atoms with Crippen molar-refractivity contribution in [3.63, 3.8) is 0 Å². The fraction of sp³-hybridized carbons (Fsp3) is 0.0769. The molecule has 0 aliphatic heterocycles. The lowest BCUT2D eigenvalue weighted by atomic mass is 10.2. The zero-order chi connectivity index (χ0) is 12.5. The number of hydrogen-bond acceptors (Lipinski definition) is 3. The Morgan fingerprint density at radius 3 is 2.94 bits per heavy atom. The monoisotopic (exact) mass is 240 g/mol. The Morgan fingerprint density at radius 1 is 1.33 bits per heavy atom. The lowest BCUT2D eigenvalue weighted by Crippen LogP contribution is -2.08. The SMILES string of the molecule is Cn1cc(Nc2cc3ccccc3c(=O)[nH]2)cn1. The number of aromatic nitrogens is 3. The quantitative estimate of drug-likeness (QED) is 0.720. The normalized spacial score (nSPS) is 10.7. The molecule has 2 heterocycles. The number of H-pyrrole nitrogens is 1. The minimum atomic E-state index is -0.0977. The predicted octanol–water partition coefficient (Wildman–Crippen LogP) is 2.01. The van der Waals surface area contributed by atoms with Gasteiger partial charge in [-0.1, -0.05) is 18.2 Å². The van der Waals surface area contributed by atoms with Gasteiger partial charge in [0.2, 0.25) is 0 Å². The lowest BCUT2D eigenvalue weighted by molar-refractivity contribution is 0.768. The Morgan fingerprint density at radius 2 is 2.17 bits per heavy atom. The summed E-state index contributed by atoms with van der Waals surface area (Å²) in [6, 6.07) is 9.40. The molecular weight excluding hydrogens is 228 g/mol. The third kappa shape index (κ3) is 1.86. The van der Waals surface area contributed by atoms with Crippen molar-refractivity contribution in [2.45, 2.75) is 0 Å². The minimum absolute atomic E-state index is 0.0977. The van der Waals surface area contributed by atoms with Crippen LogP contribution in [-0.2, 0) is 7.05 Å². The average molecular weight is 240 g/mol. The second-order valence-corrected chi connectivity index (χ2v) is 4.13. The molecular formula is C13H12N4O. The molecule has 0 saturated carbocycles. The third-order valence-corrected chi connectivity index (χ3v) is 2.74. The molecule has 90 valence electrons. The smallest absolute Gasteiger partial charge is 0.257 e. The molecule has 0 fully saturated rings. The van der Waals surface area contributed by atoms with Crippen LogP contribution < -0.4 is 10.9 Å². The molecule has 0 amide bonds. The van der Waals surface area contributed by atoms with Crippen molar-refractivity contribution in [3.8, 4) is 0 Å². The number of pyridine rings is 1. The number of nitrogens with one attached hydrogen (secondary N) is 2. The van der Waals surface area contributed by atoms with Crippen molar-refractivity contribution in [2.24, 2.45) is 7.05 Å². The first-order chi connectivity index (χ1) is 8.72. The molecule has 0 saturated heterocycles. The molecule has 0 aliphatic carbocycles. The molecule has 3 rings (SSSR count). The van der Waals surface area contributed by atoms with E-state index in [1.54, 1.807) is 10.9 Å². The number of aromatic amines is 1. The Hall–Kier alpha value is -2.56. The van der Waals surface area contributed by atoms with E-state index in [-0.39, 0.29) is 5.56 Å². The van der Waals surface area contributed by atoms with Gasteiger partial charge in [0.25, 0.3) is 5.56 Å². The first kappa shape index (κ1) is 10.6. The highest BCUT2D eigenvalue weighted by molar-refractivity contribution is 5.84. The molecule has 1 aromatic carbocycles. The van der Waals surface area contributed by atoms with Crippen LogP contribution in [0.15, 0.2) is 47.5 Å². The fourth-order valence-corrected chi connectivity index (χ4v) is 1.92. The molecule has 0 bridgehead atoms. The van der Waals surface area contributed by atoms with Gasteiger partial charge in [-0.2, -0.15) is 5.10 Å². The van der Waals surface area contributed by atoms with Gasteiger partial charge in [-0.25, -0.2) is 0 Å². The molecule has 5 heteroatoms. The van der Waals surface area contributed by atoms with Gasteiger partial charge in [-0.05, 0) is 17.5 Å². The molecule has 2 aromatic heterocycles. The van der Waals surface area contributed by atoms with Crippen molar-refractivity contribution in [2.75, 3.05) is 5.32 Å². The highest BCUT2D eigenvalue weighted by atomic mass is 16.1. The van der Waals surface area contributed by atoms with Gasteiger partial charge in [0.1, 0.15) is 5.82 Å². The van der Waals surface area contributed by atoms with Crippen molar-refractivity contribution in [1.29, 1.82) is 0 Å². The maximum Gasteiger partial charge on any atom is 0.257 e. The Labute approximate surface area is 103 Å². The summed E-state index contributed by atoms with van der Waals surface area (Å²) < 4.78 is 1.70. The molecule has 0 aliphatic rings. The number of hydrogen-bond donors (Lipinski definition) is 2. The number of nitrogens with zero attached hydrogens (tertiary/aromatic N) is 2. The standard InChI is InChI=1S/C13H12N4O/c1-17-8-10(7-14-17)15-12-6-9-4-2-3-5-11(9)13(18)16-12/h2-8H,1H3,(H2,15,16,18). The van der Waals surface area contributed by atoms with E-state index >= 15 is 0 Å². The molecule has 18 heavy (non-hydrogen) atoms. The molecule has 3 aromatic rings. The molecule has 5 nitrogen and oxygen atoms in total. The minimum Gasteiger partial charge on any atom is -0.339 e. The maximum atomic E-state index is 11.9. The second-order valence-electron chi connectivity index (χ2n) is 4.13. The Kier molecular flexibility index (Phi) is 2.37. The number of fused-ring (bicyclic) bond motifs is 1. The van der Waals surface area contributed by atoms with Gasteiger partial charge >= 0.3 is 0 Å². The van der Waals surface area contributed by atoms with E-state index in [2.05, 4.69) is 15.4 Å². The van der Waals surface area contributed by atoms with Crippen molar-refractivity contribution in [1.82, 2.24) is 14.8 Å². The number of rotatable bonds is 2. The van der Waals surface area contributed by atoms with Crippen molar-refractivity contribution < 1.29 is 0 Å². The van der Waals surface area contributed by atoms with Crippen LogP contribution in [0.1, 0.15) is 0 Å². The summed E-state index contributed by atoms with van der Waals surface area (Å²) in [5, 5.41) is 8.78. The summed E-state index contributed by atoms with van der Waals surface area (Å²) in [5.74, 6) is 0.659. The van der Waals surface area contributed by atoms with E-state index in [4.69, 9.17) is 0 Å². The van der Waals surface area contributed by atoms with E-state index in [1.165, 1.54) is 0 Å². The average Bonchev–Trinajstić information content (AvgIpc) is 2.75. The van der Waals surface area contributed by atoms with Crippen LogP contribution >= 0.6 is 0 Å². The zero-order valence-electron chi connectivity index (χ0n) is 9.84. The van der Waals surface area contributed by atoms with Crippen molar-refractivity contribution in [3.05, 3.63) is 53.1 Å². The van der Waals surface area contributed by atoms with E-state index in [0.717, 1.165) is 11.1 Å². The van der Waals surface area contributed by atoms with Gasteiger partial charge in [-0.3, -0.25) is 9.48 Å². The van der Waals surface area contributed by atoms with Crippen LogP contribution in [0.2, 0.25) is 0 Å². The van der Waals surface area contributed by atoms with Crippen LogP contribution in [-0.4, -0.2) is 14.8 Å². The van der Waals surface area contributed by atoms with E-state index in [1.807, 2.05) is 43.6 Å². The summed E-state index contributed by atoms with van der Waals surface area (Å²) >= 11 is 0. The number of anilines is 2. The van der Waals surface area contributed by atoms with Gasteiger partial charge < -0.3 is 10.3 Å². The molecule has 0 atom stereocenters.